The molecule has 7 heteroatoms. The van der Waals surface area contributed by atoms with Gasteiger partial charge in [0.15, 0.2) is 0 Å². The number of benzene rings is 2. The summed E-state index contributed by atoms with van der Waals surface area (Å²) in [5.41, 5.74) is 2.89. The molecule has 0 radical (unpaired) electrons. The van der Waals surface area contributed by atoms with Crippen LogP contribution < -0.4 is 5.32 Å². The molecule has 3 aromatic rings. The van der Waals surface area contributed by atoms with Gasteiger partial charge in [-0.1, -0.05) is 60.7 Å². The Morgan fingerprint density at radius 2 is 1.67 bits per heavy atom. The van der Waals surface area contributed by atoms with Gasteiger partial charge in [0, 0.05) is 38.2 Å². The Hall–Kier alpha value is -2.34. The van der Waals surface area contributed by atoms with Crippen molar-refractivity contribution in [3.63, 3.8) is 0 Å². The standard InChI is InChI=1S/C23H24N4O.2ClH/c1-26-20(14-25-22(26)17-10-6-3-7-11-17)23(28)27-15-18-12-24-13-19(18)21(27)16-8-4-2-5-9-16;;/h2-11,14,18-19,21,24H,12-13,15H2,1H3;2*1H/t18-,19-,21+;;/m0../s1. The Kier molecular flexibility index (Phi) is 6.86. The molecule has 5 rings (SSSR count). The number of fused-ring (bicyclic) bond motifs is 1. The van der Waals surface area contributed by atoms with Crippen molar-refractivity contribution in [1.29, 1.82) is 0 Å². The van der Waals surface area contributed by atoms with E-state index in [-0.39, 0.29) is 36.8 Å². The summed E-state index contributed by atoms with van der Waals surface area (Å²) in [5.74, 6) is 1.87. The van der Waals surface area contributed by atoms with Crippen molar-refractivity contribution in [2.45, 2.75) is 6.04 Å². The smallest absolute Gasteiger partial charge is 0.272 e. The number of aromatic nitrogens is 2. The summed E-state index contributed by atoms with van der Waals surface area (Å²) in [5, 5.41) is 3.50. The van der Waals surface area contributed by atoms with Crippen molar-refractivity contribution in [2.75, 3.05) is 19.6 Å². The second kappa shape index (κ2) is 9.21. The molecule has 1 amide bonds. The number of hydrogen-bond acceptors (Lipinski definition) is 3. The number of amides is 1. The van der Waals surface area contributed by atoms with Crippen molar-refractivity contribution in [3.05, 3.63) is 78.1 Å². The summed E-state index contributed by atoms with van der Waals surface area (Å²) in [7, 11) is 1.93. The maximum atomic E-state index is 13.6. The molecule has 30 heavy (non-hydrogen) atoms. The van der Waals surface area contributed by atoms with Gasteiger partial charge in [-0.05, 0) is 11.5 Å². The maximum absolute atomic E-state index is 13.6. The Bertz CT molecular complexity index is 993. The molecule has 1 aromatic heterocycles. The normalized spacial score (nSPS) is 22.2. The fourth-order valence-corrected chi connectivity index (χ4v) is 4.82. The van der Waals surface area contributed by atoms with Crippen LogP contribution in [0, 0.1) is 11.8 Å². The third kappa shape index (κ3) is 3.73. The topological polar surface area (TPSA) is 50.2 Å². The van der Waals surface area contributed by atoms with Crippen LogP contribution in [0.5, 0.6) is 0 Å². The van der Waals surface area contributed by atoms with Gasteiger partial charge >= 0.3 is 0 Å². The van der Waals surface area contributed by atoms with Gasteiger partial charge in [-0.2, -0.15) is 0 Å². The molecule has 0 bridgehead atoms. The number of hydrogen-bond donors (Lipinski definition) is 1. The number of nitrogens with one attached hydrogen (secondary N) is 1. The van der Waals surface area contributed by atoms with Crippen LogP contribution in [0.15, 0.2) is 66.9 Å². The molecule has 5 nitrogen and oxygen atoms in total. The highest BCUT2D eigenvalue weighted by atomic mass is 35.5. The van der Waals surface area contributed by atoms with Crippen LogP contribution in [0.3, 0.4) is 0 Å². The molecular weight excluding hydrogens is 419 g/mol. The van der Waals surface area contributed by atoms with Gasteiger partial charge in [0.2, 0.25) is 0 Å². The molecule has 2 fully saturated rings. The van der Waals surface area contributed by atoms with Gasteiger partial charge in [-0.3, -0.25) is 4.79 Å². The SMILES string of the molecule is Cl.Cl.Cn1c(C(=O)N2C[C@@H]3CNC[C@@H]3[C@H]2c2ccccc2)cnc1-c1ccccc1. The summed E-state index contributed by atoms with van der Waals surface area (Å²) in [6.07, 6.45) is 1.72. The Morgan fingerprint density at radius 3 is 2.37 bits per heavy atom. The molecule has 2 aliphatic heterocycles. The van der Waals surface area contributed by atoms with Gasteiger partial charge in [-0.25, -0.2) is 4.98 Å². The first kappa shape index (κ1) is 22.3. The van der Waals surface area contributed by atoms with E-state index in [0.717, 1.165) is 31.0 Å². The van der Waals surface area contributed by atoms with Crippen molar-refractivity contribution in [3.8, 4) is 11.4 Å². The van der Waals surface area contributed by atoms with E-state index in [9.17, 15) is 4.79 Å². The lowest BCUT2D eigenvalue weighted by molar-refractivity contribution is 0.0704. The summed E-state index contributed by atoms with van der Waals surface area (Å²) >= 11 is 0. The highest BCUT2D eigenvalue weighted by Gasteiger charge is 2.47. The first-order valence-corrected chi connectivity index (χ1v) is 9.88. The van der Waals surface area contributed by atoms with E-state index in [1.165, 1.54) is 5.56 Å². The third-order valence-electron chi connectivity index (χ3n) is 6.21. The molecular formula is C23H26Cl2N4O. The number of carbonyl (C=O) groups excluding carboxylic acids is 1. The third-order valence-corrected chi connectivity index (χ3v) is 6.21. The summed E-state index contributed by atoms with van der Waals surface area (Å²) in [6, 6.07) is 20.6. The number of imidazole rings is 1. The van der Waals surface area contributed by atoms with E-state index in [0.29, 0.717) is 17.5 Å². The van der Waals surface area contributed by atoms with E-state index < -0.39 is 0 Å². The molecule has 0 spiro atoms. The second-order valence-electron chi connectivity index (χ2n) is 7.79. The zero-order valence-electron chi connectivity index (χ0n) is 16.8. The number of carbonyl (C=O) groups is 1. The van der Waals surface area contributed by atoms with Gasteiger partial charge in [0.1, 0.15) is 11.5 Å². The lowest BCUT2D eigenvalue weighted by Crippen LogP contribution is -2.35. The zero-order chi connectivity index (χ0) is 19.1. The van der Waals surface area contributed by atoms with Crippen LogP contribution in [-0.4, -0.2) is 40.0 Å². The Balaban J connectivity index is 0.00000128. The van der Waals surface area contributed by atoms with E-state index in [4.69, 9.17) is 0 Å². The Labute approximate surface area is 189 Å². The van der Waals surface area contributed by atoms with E-state index >= 15 is 0 Å². The first-order chi connectivity index (χ1) is 13.7. The predicted molar refractivity (Wildman–Crippen MR) is 123 cm³/mol. The van der Waals surface area contributed by atoms with Crippen LogP contribution in [0.1, 0.15) is 22.1 Å². The van der Waals surface area contributed by atoms with Gasteiger partial charge < -0.3 is 14.8 Å². The molecule has 3 atom stereocenters. The average Bonchev–Trinajstić information content (AvgIpc) is 3.43. The van der Waals surface area contributed by atoms with Gasteiger partial charge in [0.25, 0.3) is 5.91 Å². The first-order valence-electron chi connectivity index (χ1n) is 9.88. The van der Waals surface area contributed by atoms with E-state index in [1.54, 1.807) is 6.20 Å². The zero-order valence-corrected chi connectivity index (χ0v) is 18.4. The second-order valence-corrected chi connectivity index (χ2v) is 7.79. The summed E-state index contributed by atoms with van der Waals surface area (Å²) in [6.45, 7) is 2.75. The van der Waals surface area contributed by atoms with Crippen molar-refractivity contribution >= 4 is 30.7 Å². The minimum absolute atomic E-state index is 0. The molecule has 3 heterocycles. The molecule has 0 aliphatic carbocycles. The fraction of sp³-hybridized carbons (Fsp3) is 0.304. The minimum atomic E-state index is 0. The summed E-state index contributed by atoms with van der Waals surface area (Å²) < 4.78 is 1.92. The minimum Gasteiger partial charge on any atom is -0.330 e. The lowest BCUT2D eigenvalue weighted by Gasteiger charge is -2.28. The molecule has 0 saturated carbocycles. The molecule has 2 saturated heterocycles. The van der Waals surface area contributed by atoms with Crippen molar-refractivity contribution in [1.82, 2.24) is 19.8 Å². The van der Waals surface area contributed by atoms with Crippen LogP contribution >= 0.6 is 24.8 Å². The monoisotopic (exact) mass is 444 g/mol. The van der Waals surface area contributed by atoms with E-state index in [1.807, 2.05) is 48.0 Å². The van der Waals surface area contributed by atoms with Crippen molar-refractivity contribution in [2.24, 2.45) is 18.9 Å². The molecule has 1 N–H and O–H groups in total. The largest absolute Gasteiger partial charge is 0.330 e. The lowest BCUT2D eigenvalue weighted by atomic mass is 9.89. The maximum Gasteiger partial charge on any atom is 0.272 e. The van der Waals surface area contributed by atoms with Crippen LogP contribution in [0.25, 0.3) is 11.4 Å². The fourth-order valence-electron chi connectivity index (χ4n) is 4.82. The van der Waals surface area contributed by atoms with Gasteiger partial charge in [-0.15, -0.1) is 24.8 Å². The average molecular weight is 445 g/mol. The highest BCUT2D eigenvalue weighted by molar-refractivity contribution is 5.93. The quantitative estimate of drug-likeness (QED) is 0.664. The number of likely N-dealkylation sites (tertiary alicyclic amines) is 1. The number of halogens is 2. The van der Waals surface area contributed by atoms with Gasteiger partial charge in [0.05, 0.1) is 12.2 Å². The molecule has 2 aromatic carbocycles. The molecule has 0 unspecified atom stereocenters. The summed E-state index contributed by atoms with van der Waals surface area (Å²) in [4.78, 5) is 20.2. The number of nitrogens with zero attached hydrogens (tertiary/aromatic N) is 3. The van der Waals surface area contributed by atoms with Crippen LogP contribution in [0.4, 0.5) is 0 Å². The molecule has 2 aliphatic rings. The highest BCUT2D eigenvalue weighted by Crippen LogP contribution is 2.43. The Morgan fingerprint density at radius 1 is 1.00 bits per heavy atom. The molecule has 158 valence electrons. The van der Waals surface area contributed by atoms with Crippen LogP contribution in [0.2, 0.25) is 0 Å². The number of rotatable bonds is 3. The van der Waals surface area contributed by atoms with Crippen LogP contribution in [-0.2, 0) is 7.05 Å². The van der Waals surface area contributed by atoms with Crippen molar-refractivity contribution < 1.29 is 4.79 Å². The van der Waals surface area contributed by atoms with E-state index in [2.05, 4.69) is 39.5 Å². The predicted octanol–water partition coefficient (Wildman–Crippen LogP) is 3.96.